The van der Waals surface area contributed by atoms with Crippen molar-refractivity contribution in [1.82, 2.24) is 0 Å². The van der Waals surface area contributed by atoms with Crippen LogP contribution in [0.5, 0.6) is 0 Å². The second-order valence-corrected chi connectivity index (χ2v) is 25.6. The molecule has 0 aromatic rings. The standard InChI is InChI=1S/C75H144O6/c1-4-7-10-13-16-19-22-25-28-30-31-32-33-34-35-36-37-38-39-40-41-42-43-44-45-48-50-53-56-59-62-65-68-74(77)80-71-72(70-79-73(76)67-64-61-58-55-52-49-46-27-24-21-18-15-12-9-6-3)81-75(78)69-66-63-60-57-54-51-47-29-26-23-20-17-14-11-8-5-2/h27,46,72H,4-26,28-45,47-71H2,1-3H3/b46-27-. The van der Waals surface area contributed by atoms with Crippen LogP contribution < -0.4 is 0 Å². The van der Waals surface area contributed by atoms with E-state index in [1.165, 1.54) is 327 Å². The summed E-state index contributed by atoms with van der Waals surface area (Å²) < 4.78 is 17.0. The number of carbonyl (C=O) groups excluding carboxylic acids is 3. The Morgan fingerprint density at radius 2 is 0.407 bits per heavy atom. The summed E-state index contributed by atoms with van der Waals surface area (Å²) in [4.78, 5) is 38.4. The molecule has 0 rings (SSSR count). The predicted octanol–water partition coefficient (Wildman–Crippen LogP) is 25.6. The van der Waals surface area contributed by atoms with Crippen LogP contribution in [0, 0.1) is 0 Å². The molecule has 0 spiro atoms. The van der Waals surface area contributed by atoms with Crippen molar-refractivity contribution in [3.8, 4) is 0 Å². The van der Waals surface area contributed by atoms with E-state index in [1.54, 1.807) is 0 Å². The molecule has 0 aliphatic heterocycles. The lowest BCUT2D eigenvalue weighted by molar-refractivity contribution is -0.167. The van der Waals surface area contributed by atoms with Gasteiger partial charge in [0.05, 0.1) is 0 Å². The molecule has 6 nitrogen and oxygen atoms in total. The molecule has 0 saturated carbocycles. The van der Waals surface area contributed by atoms with E-state index in [4.69, 9.17) is 14.2 Å². The van der Waals surface area contributed by atoms with Crippen molar-refractivity contribution in [2.75, 3.05) is 13.2 Å². The van der Waals surface area contributed by atoms with Crippen LogP contribution in [-0.2, 0) is 28.6 Å². The average molecular weight is 1140 g/mol. The molecule has 0 aliphatic carbocycles. The lowest BCUT2D eigenvalue weighted by atomic mass is 10.0. The summed E-state index contributed by atoms with van der Waals surface area (Å²) in [5, 5.41) is 0. The van der Waals surface area contributed by atoms with E-state index in [0.717, 1.165) is 64.2 Å². The van der Waals surface area contributed by atoms with Crippen molar-refractivity contribution in [1.29, 1.82) is 0 Å². The van der Waals surface area contributed by atoms with Crippen LogP contribution in [0.2, 0.25) is 0 Å². The maximum absolute atomic E-state index is 12.9. The quantitative estimate of drug-likeness (QED) is 0.0261. The fraction of sp³-hybridized carbons (Fsp3) is 0.933. The molecule has 0 saturated heterocycles. The van der Waals surface area contributed by atoms with E-state index in [1.807, 2.05) is 0 Å². The first-order valence-electron chi connectivity index (χ1n) is 37.2. The van der Waals surface area contributed by atoms with Crippen molar-refractivity contribution < 1.29 is 28.6 Å². The molecule has 0 fully saturated rings. The second-order valence-electron chi connectivity index (χ2n) is 25.6. The van der Waals surface area contributed by atoms with Gasteiger partial charge in [0.15, 0.2) is 6.10 Å². The van der Waals surface area contributed by atoms with E-state index in [2.05, 4.69) is 32.9 Å². The zero-order valence-corrected chi connectivity index (χ0v) is 55.4. The van der Waals surface area contributed by atoms with Crippen LogP contribution >= 0.6 is 0 Å². The monoisotopic (exact) mass is 1140 g/mol. The van der Waals surface area contributed by atoms with Crippen molar-refractivity contribution in [2.24, 2.45) is 0 Å². The Morgan fingerprint density at radius 1 is 0.235 bits per heavy atom. The van der Waals surface area contributed by atoms with E-state index < -0.39 is 6.10 Å². The third-order valence-electron chi connectivity index (χ3n) is 17.3. The maximum atomic E-state index is 12.9. The molecular weight excluding hydrogens is 997 g/mol. The molecule has 480 valence electrons. The van der Waals surface area contributed by atoms with E-state index in [9.17, 15) is 14.4 Å². The number of esters is 3. The van der Waals surface area contributed by atoms with Gasteiger partial charge in [-0.05, 0) is 44.9 Å². The molecule has 0 aromatic carbocycles. The first-order chi connectivity index (χ1) is 40.0. The van der Waals surface area contributed by atoms with E-state index in [-0.39, 0.29) is 31.1 Å². The highest BCUT2D eigenvalue weighted by atomic mass is 16.6. The van der Waals surface area contributed by atoms with Crippen LogP contribution in [0.25, 0.3) is 0 Å². The van der Waals surface area contributed by atoms with Crippen molar-refractivity contribution >= 4 is 17.9 Å². The summed E-state index contributed by atoms with van der Waals surface area (Å²) in [6, 6.07) is 0. The molecular formula is C75H144O6. The maximum Gasteiger partial charge on any atom is 0.306 e. The van der Waals surface area contributed by atoms with Gasteiger partial charge in [-0.15, -0.1) is 0 Å². The van der Waals surface area contributed by atoms with Crippen LogP contribution in [-0.4, -0.2) is 37.2 Å². The Balaban J connectivity index is 4.11. The number of carbonyl (C=O) groups is 3. The Bertz CT molecular complexity index is 1260. The molecule has 1 unspecified atom stereocenters. The molecule has 6 heteroatoms. The van der Waals surface area contributed by atoms with Gasteiger partial charge in [-0.1, -0.05) is 380 Å². The molecule has 0 bridgehead atoms. The van der Waals surface area contributed by atoms with Gasteiger partial charge < -0.3 is 14.2 Å². The molecule has 0 heterocycles. The minimum Gasteiger partial charge on any atom is -0.462 e. The SMILES string of the molecule is CCCCCCCC/C=C\CCCCCCCC(=O)OCC(COC(=O)CCCCCCCCCCCCCCCCCCCCCCCCCCCCCCCCCC)OC(=O)CCCCCCCCCCCCCCCCCC. The largest absolute Gasteiger partial charge is 0.462 e. The predicted molar refractivity (Wildman–Crippen MR) is 353 cm³/mol. The zero-order valence-electron chi connectivity index (χ0n) is 55.4. The molecule has 81 heavy (non-hydrogen) atoms. The fourth-order valence-corrected chi connectivity index (χ4v) is 11.7. The number of rotatable bonds is 70. The topological polar surface area (TPSA) is 78.9 Å². The molecule has 1 atom stereocenters. The summed E-state index contributed by atoms with van der Waals surface area (Å²) in [5.41, 5.74) is 0. The normalized spacial score (nSPS) is 12.0. The Hall–Kier alpha value is -1.85. The number of hydrogen-bond donors (Lipinski definition) is 0. The first kappa shape index (κ1) is 79.2. The molecule has 0 amide bonds. The van der Waals surface area contributed by atoms with Gasteiger partial charge in [0.1, 0.15) is 13.2 Å². The third kappa shape index (κ3) is 68.8. The average Bonchev–Trinajstić information content (AvgIpc) is 3.47. The van der Waals surface area contributed by atoms with Gasteiger partial charge in [-0.25, -0.2) is 0 Å². The van der Waals surface area contributed by atoms with Crippen LogP contribution in [0.3, 0.4) is 0 Å². The summed E-state index contributed by atoms with van der Waals surface area (Å²) >= 11 is 0. The number of unbranched alkanes of at least 4 members (excludes halogenated alkanes) is 57. The highest BCUT2D eigenvalue weighted by Gasteiger charge is 2.20. The Labute approximate surface area is 507 Å². The van der Waals surface area contributed by atoms with Crippen molar-refractivity contribution in [3.63, 3.8) is 0 Å². The summed E-state index contributed by atoms with van der Waals surface area (Å²) in [7, 11) is 0. The summed E-state index contributed by atoms with van der Waals surface area (Å²) in [5.74, 6) is -0.839. The van der Waals surface area contributed by atoms with Gasteiger partial charge in [-0.3, -0.25) is 14.4 Å². The van der Waals surface area contributed by atoms with E-state index in [0.29, 0.717) is 19.3 Å². The third-order valence-corrected chi connectivity index (χ3v) is 17.3. The minimum atomic E-state index is -0.770. The van der Waals surface area contributed by atoms with E-state index >= 15 is 0 Å². The molecule has 0 aliphatic rings. The van der Waals surface area contributed by atoms with Crippen molar-refractivity contribution in [3.05, 3.63) is 12.2 Å². The lowest BCUT2D eigenvalue weighted by Crippen LogP contribution is -2.30. The smallest absolute Gasteiger partial charge is 0.306 e. The Kier molecular flexibility index (Phi) is 69.0. The minimum absolute atomic E-state index is 0.0656. The van der Waals surface area contributed by atoms with Gasteiger partial charge in [0.25, 0.3) is 0 Å². The molecule has 0 radical (unpaired) electrons. The van der Waals surface area contributed by atoms with Crippen molar-refractivity contribution in [2.45, 2.75) is 438 Å². The van der Waals surface area contributed by atoms with Gasteiger partial charge >= 0.3 is 17.9 Å². The number of ether oxygens (including phenoxy) is 3. The first-order valence-corrected chi connectivity index (χ1v) is 37.2. The lowest BCUT2D eigenvalue weighted by Gasteiger charge is -2.18. The highest BCUT2D eigenvalue weighted by Crippen LogP contribution is 2.20. The molecule has 0 N–H and O–H groups in total. The number of hydrogen-bond acceptors (Lipinski definition) is 6. The van der Waals surface area contributed by atoms with Crippen LogP contribution in [0.15, 0.2) is 12.2 Å². The molecule has 0 aromatic heterocycles. The van der Waals surface area contributed by atoms with Crippen LogP contribution in [0.1, 0.15) is 432 Å². The van der Waals surface area contributed by atoms with Gasteiger partial charge in [-0.2, -0.15) is 0 Å². The highest BCUT2D eigenvalue weighted by molar-refractivity contribution is 5.71. The fourth-order valence-electron chi connectivity index (χ4n) is 11.7. The summed E-state index contributed by atoms with van der Waals surface area (Å²) in [6.07, 6.45) is 85.5. The van der Waals surface area contributed by atoms with Gasteiger partial charge in [0, 0.05) is 19.3 Å². The Morgan fingerprint density at radius 3 is 0.617 bits per heavy atom. The van der Waals surface area contributed by atoms with Gasteiger partial charge in [0.2, 0.25) is 0 Å². The second kappa shape index (κ2) is 70.6. The number of allylic oxidation sites excluding steroid dienone is 2. The zero-order chi connectivity index (χ0) is 58.5. The summed E-state index contributed by atoms with van der Waals surface area (Å²) in [6.45, 7) is 6.72. The van der Waals surface area contributed by atoms with Crippen LogP contribution in [0.4, 0.5) is 0 Å².